The lowest BCUT2D eigenvalue weighted by atomic mass is 10.0. The molecular weight excluding hydrogens is 501 g/mol. The molecular formula is C21H24IN3O5. The van der Waals surface area contributed by atoms with Gasteiger partial charge in [-0.05, 0) is 46.7 Å². The lowest BCUT2D eigenvalue weighted by Crippen LogP contribution is -2.57. The molecule has 0 aliphatic rings. The fourth-order valence-corrected chi connectivity index (χ4v) is 3.27. The molecule has 0 fully saturated rings. The molecule has 0 bridgehead atoms. The van der Waals surface area contributed by atoms with Gasteiger partial charge in [-0.15, -0.1) is 0 Å². The van der Waals surface area contributed by atoms with Gasteiger partial charge in [0.25, 0.3) is 0 Å². The number of halogens is 1. The summed E-state index contributed by atoms with van der Waals surface area (Å²) in [6.07, 6.45) is -1.90. The van der Waals surface area contributed by atoms with Crippen molar-refractivity contribution in [1.82, 2.24) is 10.6 Å². The predicted octanol–water partition coefficient (Wildman–Crippen LogP) is 1.48. The Labute approximate surface area is 188 Å². The summed E-state index contributed by atoms with van der Waals surface area (Å²) in [5.41, 5.74) is 7.06. The van der Waals surface area contributed by atoms with Gasteiger partial charge in [0, 0.05) is 9.99 Å². The minimum atomic E-state index is -1.31. The van der Waals surface area contributed by atoms with Crippen LogP contribution < -0.4 is 16.4 Å². The molecule has 9 heteroatoms. The molecule has 5 N–H and O–H groups in total. The number of nitrogens with one attached hydrogen (secondary N) is 2. The average Bonchev–Trinajstić information content (AvgIpc) is 2.71. The molecule has 0 aliphatic carbocycles. The number of aliphatic hydroxyl groups is 1. The molecule has 0 heterocycles. The van der Waals surface area contributed by atoms with Gasteiger partial charge in [-0.1, -0.05) is 48.5 Å². The maximum Gasteiger partial charge on any atom is 0.408 e. The Morgan fingerprint density at radius 2 is 1.70 bits per heavy atom. The highest BCUT2D eigenvalue weighted by atomic mass is 127. The molecule has 2 aromatic rings. The molecule has 0 saturated carbocycles. The van der Waals surface area contributed by atoms with Crippen LogP contribution in [-0.4, -0.2) is 41.2 Å². The van der Waals surface area contributed by atoms with Crippen molar-refractivity contribution in [2.24, 2.45) is 5.73 Å². The van der Waals surface area contributed by atoms with E-state index in [0.717, 1.165) is 14.7 Å². The summed E-state index contributed by atoms with van der Waals surface area (Å²) in [6, 6.07) is 14.1. The summed E-state index contributed by atoms with van der Waals surface area (Å²) in [5, 5.41) is 14.8. The van der Waals surface area contributed by atoms with Crippen LogP contribution in [0, 0.1) is 3.57 Å². The first kappa shape index (κ1) is 23.6. The Morgan fingerprint density at radius 3 is 2.30 bits per heavy atom. The molecule has 160 valence electrons. The predicted molar refractivity (Wildman–Crippen MR) is 119 cm³/mol. The van der Waals surface area contributed by atoms with Crippen LogP contribution in [0.15, 0.2) is 54.6 Å². The summed E-state index contributed by atoms with van der Waals surface area (Å²) < 4.78 is 6.01. The lowest BCUT2D eigenvalue weighted by molar-refractivity contribution is -0.130. The second kappa shape index (κ2) is 11.5. The number of hydrogen-bond acceptors (Lipinski definition) is 5. The van der Waals surface area contributed by atoms with Gasteiger partial charge in [-0.25, -0.2) is 4.79 Å². The maximum atomic E-state index is 12.6. The van der Waals surface area contributed by atoms with Gasteiger partial charge in [-0.2, -0.15) is 0 Å². The number of benzene rings is 2. The number of ether oxygens (including phenoxy) is 1. The van der Waals surface area contributed by atoms with E-state index in [4.69, 9.17) is 10.5 Å². The molecule has 2 rings (SSSR count). The third-order valence-electron chi connectivity index (χ3n) is 4.29. The fraction of sp³-hybridized carbons (Fsp3) is 0.286. The Hall–Kier alpha value is -2.66. The van der Waals surface area contributed by atoms with Crippen molar-refractivity contribution in [2.75, 3.05) is 0 Å². The van der Waals surface area contributed by atoms with Gasteiger partial charge < -0.3 is 26.2 Å². The maximum absolute atomic E-state index is 12.6. The van der Waals surface area contributed by atoms with Crippen LogP contribution in [0.3, 0.4) is 0 Å². The molecule has 0 radical (unpaired) electrons. The summed E-state index contributed by atoms with van der Waals surface area (Å²) in [5.74, 6) is -1.46. The number of aliphatic hydroxyl groups excluding tert-OH is 1. The second-order valence-corrected chi connectivity index (χ2v) is 7.85. The highest BCUT2D eigenvalue weighted by Gasteiger charge is 2.29. The third kappa shape index (κ3) is 7.30. The number of nitrogens with two attached hydrogens (primary N) is 1. The molecule has 0 saturated heterocycles. The number of amides is 3. The molecule has 30 heavy (non-hydrogen) atoms. The van der Waals surface area contributed by atoms with E-state index < -0.39 is 36.1 Å². The van der Waals surface area contributed by atoms with Gasteiger partial charge in [-0.3, -0.25) is 9.59 Å². The van der Waals surface area contributed by atoms with Gasteiger partial charge in [0.15, 0.2) is 0 Å². The van der Waals surface area contributed by atoms with E-state index in [1.54, 1.807) is 24.3 Å². The Bertz CT molecular complexity index is 876. The van der Waals surface area contributed by atoms with Crippen molar-refractivity contribution in [3.63, 3.8) is 0 Å². The van der Waals surface area contributed by atoms with E-state index in [0.29, 0.717) is 0 Å². The van der Waals surface area contributed by atoms with E-state index >= 15 is 0 Å². The number of alkyl carbamates (subject to hydrolysis) is 1. The highest BCUT2D eigenvalue weighted by molar-refractivity contribution is 14.1. The minimum absolute atomic E-state index is 0.0111. The lowest BCUT2D eigenvalue weighted by Gasteiger charge is -2.23. The zero-order valence-corrected chi connectivity index (χ0v) is 18.5. The van der Waals surface area contributed by atoms with Crippen molar-refractivity contribution >= 4 is 40.5 Å². The minimum Gasteiger partial charge on any atom is -0.445 e. The Kier molecular flexibility index (Phi) is 9.06. The average molecular weight is 525 g/mol. The SMILES string of the molecule is C[C@@H](O)[C@H](NC(=O)OCc1ccccc1)C(=O)N[C@H](Cc1ccccc1I)C(N)=O. The largest absolute Gasteiger partial charge is 0.445 e. The first-order valence-electron chi connectivity index (χ1n) is 9.26. The van der Waals surface area contributed by atoms with Crippen molar-refractivity contribution in [1.29, 1.82) is 0 Å². The van der Waals surface area contributed by atoms with E-state index in [2.05, 4.69) is 33.2 Å². The van der Waals surface area contributed by atoms with Crippen LogP contribution in [0.2, 0.25) is 0 Å². The standard InChI is InChI=1S/C21H24IN3O5/c1-13(26)18(25-21(29)30-12-14-7-3-2-4-8-14)20(28)24-17(19(23)27)11-15-9-5-6-10-16(15)22/h2-10,13,17-18,26H,11-12H2,1H3,(H2,23,27)(H,24,28)(H,25,29)/t13-,17-,18+/m1/s1. The Balaban J connectivity index is 1.99. The van der Waals surface area contributed by atoms with Crippen molar-refractivity contribution in [3.05, 3.63) is 69.3 Å². The molecule has 0 aromatic heterocycles. The summed E-state index contributed by atoms with van der Waals surface area (Å²) >= 11 is 2.13. The van der Waals surface area contributed by atoms with Gasteiger partial charge >= 0.3 is 6.09 Å². The van der Waals surface area contributed by atoms with Crippen LogP contribution in [-0.2, 0) is 27.4 Å². The van der Waals surface area contributed by atoms with Crippen LogP contribution in [0.4, 0.5) is 4.79 Å². The number of rotatable bonds is 9. The van der Waals surface area contributed by atoms with Crippen LogP contribution in [0.25, 0.3) is 0 Å². The molecule has 0 spiro atoms. The van der Waals surface area contributed by atoms with Crippen molar-refractivity contribution in [2.45, 2.75) is 38.1 Å². The summed E-state index contributed by atoms with van der Waals surface area (Å²) in [6.45, 7) is 1.36. The Morgan fingerprint density at radius 1 is 1.07 bits per heavy atom. The van der Waals surface area contributed by atoms with Gasteiger partial charge in [0.05, 0.1) is 6.10 Å². The highest BCUT2D eigenvalue weighted by Crippen LogP contribution is 2.13. The van der Waals surface area contributed by atoms with E-state index in [9.17, 15) is 19.5 Å². The molecule has 0 unspecified atom stereocenters. The fourth-order valence-electron chi connectivity index (χ4n) is 2.67. The molecule has 3 amide bonds. The molecule has 0 aliphatic heterocycles. The van der Waals surface area contributed by atoms with E-state index in [-0.39, 0.29) is 13.0 Å². The quantitative estimate of drug-likeness (QED) is 0.369. The molecule has 8 nitrogen and oxygen atoms in total. The van der Waals surface area contributed by atoms with Gasteiger partial charge in [0.2, 0.25) is 11.8 Å². The van der Waals surface area contributed by atoms with Crippen molar-refractivity contribution in [3.8, 4) is 0 Å². The number of carbonyl (C=O) groups excluding carboxylic acids is 3. The third-order valence-corrected chi connectivity index (χ3v) is 5.35. The van der Waals surface area contributed by atoms with Crippen LogP contribution >= 0.6 is 22.6 Å². The first-order chi connectivity index (χ1) is 14.3. The van der Waals surface area contributed by atoms with Crippen molar-refractivity contribution < 1.29 is 24.2 Å². The summed E-state index contributed by atoms with van der Waals surface area (Å²) in [7, 11) is 0. The molecule has 2 aromatic carbocycles. The first-order valence-corrected chi connectivity index (χ1v) is 10.3. The number of carbonyl (C=O) groups is 3. The van der Waals surface area contributed by atoms with E-state index in [1.165, 1.54) is 6.92 Å². The van der Waals surface area contributed by atoms with Gasteiger partial charge in [0.1, 0.15) is 18.7 Å². The summed E-state index contributed by atoms with van der Waals surface area (Å²) in [4.78, 5) is 36.6. The van der Waals surface area contributed by atoms with E-state index in [1.807, 2.05) is 30.3 Å². The monoisotopic (exact) mass is 525 g/mol. The van der Waals surface area contributed by atoms with Crippen LogP contribution in [0.5, 0.6) is 0 Å². The normalized spacial score (nSPS) is 13.6. The van der Waals surface area contributed by atoms with Crippen LogP contribution in [0.1, 0.15) is 18.1 Å². The topological polar surface area (TPSA) is 131 Å². The smallest absolute Gasteiger partial charge is 0.408 e. The number of hydrogen-bond donors (Lipinski definition) is 4. The second-order valence-electron chi connectivity index (χ2n) is 6.68. The zero-order chi connectivity index (χ0) is 22.1. The zero-order valence-electron chi connectivity index (χ0n) is 16.4. The molecule has 3 atom stereocenters. The number of primary amides is 1.